The van der Waals surface area contributed by atoms with Crippen LogP contribution in [-0.2, 0) is 0 Å². The van der Waals surface area contributed by atoms with E-state index in [0.717, 1.165) is 17.4 Å². The molecule has 20 heavy (non-hydrogen) atoms. The highest BCUT2D eigenvalue weighted by atomic mass is 16.3. The Hall–Kier alpha value is -1.81. The number of fused-ring (bicyclic) bond motifs is 1. The first kappa shape index (κ1) is 14.6. The molecular formula is C16H21NO3. The minimum absolute atomic E-state index is 0.0456. The molecule has 4 heteroatoms. The van der Waals surface area contributed by atoms with E-state index in [1.165, 1.54) is 0 Å². The molecule has 0 saturated carbocycles. The van der Waals surface area contributed by atoms with E-state index in [4.69, 9.17) is 9.52 Å². The van der Waals surface area contributed by atoms with Gasteiger partial charge >= 0.3 is 0 Å². The highest BCUT2D eigenvalue weighted by Gasteiger charge is 2.25. The molecule has 1 aromatic heterocycles. The topological polar surface area (TPSA) is 62.5 Å². The van der Waals surface area contributed by atoms with Crippen molar-refractivity contribution in [3.8, 4) is 0 Å². The molecule has 1 unspecified atom stereocenters. The van der Waals surface area contributed by atoms with Crippen molar-refractivity contribution in [2.75, 3.05) is 6.61 Å². The summed E-state index contributed by atoms with van der Waals surface area (Å²) in [6.07, 6.45) is 1.27. The molecule has 108 valence electrons. The molecule has 1 amide bonds. The highest BCUT2D eigenvalue weighted by Crippen LogP contribution is 2.22. The fraction of sp³-hybridized carbons (Fsp3) is 0.438. The second-order valence-electron chi connectivity index (χ2n) is 5.49. The van der Waals surface area contributed by atoms with E-state index in [1.54, 1.807) is 6.07 Å². The van der Waals surface area contributed by atoms with E-state index in [0.29, 0.717) is 17.8 Å². The van der Waals surface area contributed by atoms with Crippen LogP contribution in [0.1, 0.15) is 42.8 Å². The number of rotatable bonds is 5. The molecule has 0 aliphatic carbocycles. The smallest absolute Gasteiger partial charge is 0.287 e. The molecule has 0 bridgehead atoms. The molecule has 0 aliphatic heterocycles. The Kier molecular flexibility index (Phi) is 4.14. The molecule has 1 atom stereocenters. The van der Waals surface area contributed by atoms with E-state index < -0.39 is 5.54 Å². The van der Waals surface area contributed by atoms with E-state index in [2.05, 4.69) is 5.32 Å². The summed E-state index contributed by atoms with van der Waals surface area (Å²) < 4.78 is 5.58. The van der Waals surface area contributed by atoms with Crippen LogP contribution in [0.5, 0.6) is 0 Å². The first-order chi connectivity index (χ1) is 9.47. The summed E-state index contributed by atoms with van der Waals surface area (Å²) >= 11 is 0. The molecule has 0 spiro atoms. The molecular weight excluding hydrogens is 254 g/mol. The summed E-state index contributed by atoms with van der Waals surface area (Å²) in [6.45, 7) is 5.96. The molecule has 1 heterocycles. The molecule has 2 aromatic rings. The third-order valence-corrected chi connectivity index (χ3v) is 3.75. The maximum absolute atomic E-state index is 12.3. The molecule has 1 aromatic carbocycles. The lowest BCUT2D eigenvalue weighted by atomic mass is 9.95. The maximum atomic E-state index is 12.3. The van der Waals surface area contributed by atoms with E-state index in [-0.39, 0.29) is 12.5 Å². The summed E-state index contributed by atoms with van der Waals surface area (Å²) in [6, 6.07) is 7.57. The number of hydrogen-bond donors (Lipinski definition) is 2. The summed E-state index contributed by atoms with van der Waals surface area (Å²) in [5.41, 5.74) is 1.42. The van der Waals surface area contributed by atoms with Gasteiger partial charge in [-0.3, -0.25) is 4.79 Å². The summed E-state index contributed by atoms with van der Waals surface area (Å²) in [4.78, 5) is 12.3. The van der Waals surface area contributed by atoms with Gasteiger partial charge in [-0.25, -0.2) is 0 Å². The van der Waals surface area contributed by atoms with Gasteiger partial charge in [-0.15, -0.1) is 0 Å². The van der Waals surface area contributed by atoms with Crippen LogP contribution < -0.4 is 5.32 Å². The molecule has 0 saturated heterocycles. The van der Waals surface area contributed by atoms with Crippen molar-refractivity contribution in [3.63, 3.8) is 0 Å². The van der Waals surface area contributed by atoms with E-state index in [9.17, 15) is 4.79 Å². The van der Waals surface area contributed by atoms with Crippen molar-refractivity contribution in [3.05, 3.63) is 35.6 Å². The van der Waals surface area contributed by atoms with Crippen LogP contribution in [0.3, 0.4) is 0 Å². The van der Waals surface area contributed by atoms with Gasteiger partial charge in [0.1, 0.15) is 5.58 Å². The van der Waals surface area contributed by atoms with Crippen LogP contribution in [0.4, 0.5) is 0 Å². The van der Waals surface area contributed by atoms with Gasteiger partial charge < -0.3 is 14.8 Å². The maximum Gasteiger partial charge on any atom is 0.287 e. The Labute approximate surface area is 118 Å². The highest BCUT2D eigenvalue weighted by molar-refractivity contribution is 5.96. The minimum Gasteiger partial charge on any atom is -0.451 e. The lowest BCUT2D eigenvalue weighted by Crippen LogP contribution is -2.46. The average Bonchev–Trinajstić information content (AvgIpc) is 2.82. The number of amides is 1. The van der Waals surface area contributed by atoms with Crippen LogP contribution in [0.15, 0.2) is 28.7 Å². The lowest BCUT2D eigenvalue weighted by molar-refractivity contribution is 0.0860. The number of hydrogen-bond acceptors (Lipinski definition) is 3. The Morgan fingerprint density at radius 3 is 2.80 bits per heavy atom. The Morgan fingerprint density at radius 2 is 2.15 bits per heavy atom. The standard InChI is InChI=1S/C16H21NO3/c1-4-16(3,7-8-18)17-15(19)14-10-12-9-11(2)5-6-13(12)20-14/h5-6,9-10,18H,4,7-8H2,1-3H3,(H,17,19). The van der Waals surface area contributed by atoms with Gasteiger partial charge in [-0.1, -0.05) is 18.6 Å². The molecule has 2 rings (SSSR count). The van der Waals surface area contributed by atoms with Crippen LogP contribution in [0.25, 0.3) is 11.0 Å². The molecule has 4 nitrogen and oxygen atoms in total. The largest absolute Gasteiger partial charge is 0.451 e. The monoisotopic (exact) mass is 275 g/mol. The first-order valence-electron chi connectivity index (χ1n) is 6.91. The van der Waals surface area contributed by atoms with Gasteiger partial charge in [-0.2, -0.15) is 0 Å². The Balaban J connectivity index is 2.22. The van der Waals surface area contributed by atoms with Crippen molar-refractivity contribution < 1.29 is 14.3 Å². The predicted octanol–water partition coefficient (Wildman–Crippen LogP) is 3.02. The molecule has 0 aliphatic rings. The molecule has 0 fully saturated rings. The SMILES string of the molecule is CCC(C)(CCO)NC(=O)c1cc2cc(C)ccc2o1. The zero-order valence-corrected chi connectivity index (χ0v) is 12.2. The van der Waals surface area contributed by atoms with Crippen LogP contribution in [0.2, 0.25) is 0 Å². The number of carbonyl (C=O) groups is 1. The normalized spacial score (nSPS) is 14.2. The summed E-state index contributed by atoms with van der Waals surface area (Å²) in [5.74, 6) is 0.0693. The Bertz CT molecular complexity index is 617. The quantitative estimate of drug-likeness (QED) is 0.881. The van der Waals surface area contributed by atoms with Gasteiger partial charge in [0, 0.05) is 17.5 Å². The van der Waals surface area contributed by atoms with Crippen molar-refractivity contribution in [2.45, 2.75) is 39.2 Å². The summed E-state index contributed by atoms with van der Waals surface area (Å²) in [7, 11) is 0. The lowest BCUT2D eigenvalue weighted by Gasteiger charge is -2.28. The van der Waals surface area contributed by atoms with Crippen LogP contribution in [0, 0.1) is 6.92 Å². The van der Waals surface area contributed by atoms with Gasteiger partial charge in [-0.05, 0) is 44.9 Å². The van der Waals surface area contributed by atoms with E-state index >= 15 is 0 Å². The predicted molar refractivity (Wildman–Crippen MR) is 78.8 cm³/mol. The first-order valence-corrected chi connectivity index (χ1v) is 6.91. The van der Waals surface area contributed by atoms with Crippen molar-refractivity contribution >= 4 is 16.9 Å². The second-order valence-corrected chi connectivity index (χ2v) is 5.49. The fourth-order valence-corrected chi connectivity index (χ4v) is 2.18. The van der Waals surface area contributed by atoms with Crippen LogP contribution in [-0.4, -0.2) is 23.2 Å². The van der Waals surface area contributed by atoms with Gasteiger partial charge in [0.2, 0.25) is 0 Å². The number of carbonyl (C=O) groups excluding carboxylic acids is 1. The van der Waals surface area contributed by atoms with E-state index in [1.807, 2.05) is 39.0 Å². The zero-order chi connectivity index (χ0) is 14.8. The van der Waals surface area contributed by atoms with Gasteiger partial charge in [0.15, 0.2) is 5.76 Å². The van der Waals surface area contributed by atoms with Crippen molar-refractivity contribution in [1.29, 1.82) is 0 Å². The number of aryl methyl sites for hydroxylation is 1. The number of aliphatic hydroxyl groups excluding tert-OH is 1. The number of nitrogens with one attached hydrogen (secondary N) is 1. The number of benzene rings is 1. The fourth-order valence-electron chi connectivity index (χ4n) is 2.18. The summed E-state index contributed by atoms with van der Waals surface area (Å²) in [5, 5.41) is 13.0. The van der Waals surface area contributed by atoms with Crippen LogP contribution >= 0.6 is 0 Å². The zero-order valence-electron chi connectivity index (χ0n) is 12.2. The van der Waals surface area contributed by atoms with Gasteiger partial charge in [0.25, 0.3) is 5.91 Å². The number of furan rings is 1. The Morgan fingerprint density at radius 1 is 1.40 bits per heavy atom. The average molecular weight is 275 g/mol. The second kappa shape index (κ2) is 5.67. The third kappa shape index (κ3) is 3.02. The minimum atomic E-state index is -0.416. The van der Waals surface area contributed by atoms with Gasteiger partial charge in [0.05, 0.1) is 0 Å². The molecule has 0 radical (unpaired) electrons. The third-order valence-electron chi connectivity index (χ3n) is 3.75. The van der Waals surface area contributed by atoms with Crippen molar-refractivity contribution in [2.24, 2.45) is 0 Å². The van der Waals surface area contributed by atoms with Crippen molar-refractivity contribution in [1.82, 2.24) is 5.32 Å². The molecule has 2 N–H and O–H groups in total. The number of aliphatic hydroxyl groups is 1.